The molecule has 0 aromatic carbocycles. The Hall–Kier alpha value is -1.30. The fourth-order valence-electron chi connectivity index (χ4n) is 3.13. The van der Waals surface area contributed by atoms with Crippen LogP contribution in [0.25, 0.3) is 0 Å². The molecule has 1 N–H and O–H groups in total. The quantitative estimate of drug-likeness (QED) is 0.777. The number of hydrogen-bond donors (Lipinski definition) is 1. The van der Waals surface area contributed by atoms with E-state index in [1.54, 1.807) is 4.90 Å². The molecule has 2 aliphatic rings. The summed E-state index contributed by atoms with van der Waals surface area (Å²) in [5, 5.41) is 9.15. The van der Waals surface area contributed by atoms with E-state index in [1.165, 1.54) is 0 Å². The van der Waals surface area contributed by atoms with Crippen molar-refractivity contribution < 1.29 is 14.7 Å². The fourth-order valence-corrected chi connectivity index (χ4v) is 3.13. The zero-order valence-electron chi connectivity index (χ0n) is 12.8. The summed E-state index contributed by atoms with van der Waals surface area (Å²) >= 11 is 0. The molecule has 6 nitrogen and oxygen atoms in total. The SMILES string of the molecule is CC1C(C(=O)O)CCN1C(=O)N1CCN(C)C(C)(C)C1. The van der Waals surface area contributed by atoms with Gasteiger partial charge in [-0.15, -0.1) is 0 Å². The van der Waals surface area contributed by atoms with E-state index in [-0.39, 0.29) is 17.6 Å². The van der Waals surface area contributed by atoms with E-state index in [9.17, 15) is 9.59 Å². The molecule has 2 amide bonds. The number of likely N-dealkylation sites (N-methyl/N-ethyl adjacent to an activating group) is 1. The van der Waals surface area contributed by atoms with Gasteiger partial charge in [0, 0.05) is 37.8 Å². The lowest BCUT2D eigenvalue weighted by Crippen LogP contribution is -2.61. The molecule has 2 atom stereocenters. The van der Waals surface area contributed by atoms with Crippen LogP contribution in [0.15, 0.2) is 0 Å². The topological polar surface area (TPSA) is 64.1 Å². The molecule has 2 rings (SSSR count). The average Bonchev–Trinajstić information content (AvgIpc) is 2.73. The van der Waals surface area contributed by atoms with Crippen LogP contribution in [0.3, 0.4) is 0 Å². The molecule has 0 saturated carbocycles. The molecule has 2 unspecified atom stereocenters. The first-order chi connectivity index (χ1) is 9.24. The minimum absolute atomic E-state index is 0.0116. The predicted molar refractivity (Wildman–Crippen MR) is 75.6 cm³/mol. The summed E-state index contributed by atoms with van der Waals surface area (Å²) in [6.45, 7) is 8.88. The van der Waals surface area contributed by atoms with Crippen LogP contribution in [-0.4, -0.2) is 76.6 Å². The monoisotopic (exact) mass is 283 g/mol. The van der Waals surface area contributed by atoms with Crippen LogP contribution >= 0.6 is 0 Å². The summed E-state index contributed by atoms with van der Waals surface area (Å²) in [6, 6.07) is -0.231. The van der Waals surface area contributed by atoms with Gasteiger partial charge in [0.1, 0.15) is 0 Å². The van der Waals surface area contributed by atoms with Crippen LogP contribution in [0, 0.1) is 5.92 Å². The van der Waals surface area contributed by atoms with Crippen LogP contribution in [0.2, 0.25) is 0 Å². The van der Waals surface area contributed by atoms with Crippen LogP contribution in [0.5, 0.6) is 0 Å². The van der Waals surface area contributed by atoms with Crippen molar-refractivity contribution in [2.75, 3.05) is 33.2 Å². The second-order valence-corrected chi connectivity index (χ2v) is 6.61. The first-order valence-corrected chi connectivity index (χ1v) is 7.23. The third kappa shape index (κ3) is 2.61. The molecule has 2 heterocycles. The minimum Gasteiger partial charge on any atom is -0.481 e. The number of nitrogens with zero attached hydrogens (tertiary/aromatic N) is 3. The maximum Gasteiger partial charge on any atom is 0.320 e. The number of urea groups is 1. The van der Waals surface area contributed by atoms with Crippen LogP contribution in [0.1, 0.15) is 27.2 Å². The number of aliphatic carboxylic acids is 1. The summed E-state index contributed by atoms with van der Waals surface area (Å²) in [4.78, 5) is 29.6. The molecular weight excluding hydrogens is 258 g/mol. The number of likely N-dealkylation sites (tertiary alicyclic amines) is 1. The summed E-state index contributed by atoms with van der Waals surface area (Å²) in [5.41, 5.74) is -0.0386. The van der Waals surface area contributed by atoms with Gasteiger partial charge in [0.15, 0.2) is 0 Å². The normalized spacial score (nSPS) is 30.6. The average molecular weight is 283 g/mol. The van der Waals surface area contributed by atoms with Gasteiger partial charge in [0.05, 0.1) is 5.92 Å². The van der Waals surface area contributed by atoms with Crippen molar-refractivity contribution in [1.29, 1.82) is 0 Å². The van der Waals surface area contributed by atoms with Crippen molar-refractivity contribution in [1.82, 2.24) is 14.7 Å². The Morgan fingerprint density at radius 1 is 1.20 bits per heavy atom. The smallest absolute Gasteiger partial charge is 0.320 e. The summed E-state index contributed by atoms with van der Waals surface area (Å²) < 4.78 is 0. The number of piperazine rings is 1. The lowest BCUT2D eigenvalue weighted by atomic mass is 10.00. The zero-order chi connectivity index (χ0) is 15.1. The molecular formula is C14H25N3O3. The first-order valence-electron chi connectivity index (χ1n) is 7.23. The maximum atomic E-state index is 12.6. The molecule has 0 aliphatic carbocycles. The van der Waals surface area contributed by atoms with E-state index in [4.69, 9.17) is 5.11 Å². The van der Waals surface area contributed by atoms with E-state index in [2.05, 4.69) is 25.8 Å². The molecule has 0 bridgehead atoms. The van der Waals surface area contributed by atoms with Gasteiger partial charge < -0.3 is 14.9 Å². The van der Waals surface area contributed by atoms with Gasteiger partial charge >= 0.3 is 12.0 Å². The van der Waals surface area contributed by atoms with E-state index >= 15 is 0 Å². The molecule has 6 heteroatoms. The Morgan fingerprint density at radius 3 is 2.35 bits per heavy atom. The number of carboxylic acid groups (broad SMARTS) is 1. The summed E-state index contributed by atoms with van der Waals surface area (Å²) in [6.07, 6.45) is 0.555. The lowest BCUT2D eigenvalue weighted by Gasteiger charge is -2.46. The third-order valence-electron chi connectivity index (χ3n) is 4.90. The maximum absolute atomic E-state index is 12.6. The number of amides is 2. The lowest BCUT2D eigenvalue weighted by molar-refractivity contribution is -0.142. The predicted octanol–water partition coefficient (Wildman–Crippen LogP) is 0.927. The highest BCUT2D eigenvalue weighted by Gasteiger charge is 2.41. The standard InChI is InChI=1S/C14H25N3O3/c1-10-11(12(18)19)5-6-17(10)13(20)16-8-7-15(4)14(2,3)9-16/h10-11H,5-9H2,1-4H3,(H,18,19). The third-order valence-corrected chi connectivity index (χ3v) is 4.90. The fraction of sp³-hybridized carbons (Fsp3) is 0.857. The number of hydrogen-bond acceptors (Lipinski definition) is 3. The zero-order valence-corrected chi connectivity index (χ0v) is 12.8. The molecule has 0 aromatic heterocycles. The van der Waals surface area contributed by atoms with Gasteiger partial charge in [0.25, 0.3) is 0 Å². The van der Waals surface area contributed by atoms with Gasteiger partial charge in [0.2, 0.25) is 0 Å². The van der Waals surface area contributed by atoms with E-state index < -0.39 is 11.9 Å². The minimum atomic E-state index is -0.800. The molecule has 2 aliphatic heterocycles. The highest BCUT2D eigenvalue weighted by Crippen LogP contribution is 2.27. The molecule has 114 valence electrons. The summed E-state index contributed by atoms with van der Waals surface area (Å²) in [7, 11) is 2.07. The van der Waals surface area contributed by atoms with Gasteiger partial charge in [-0.05, 0) is 34.2 Å². The van der Waals surface area contributed by atoms with E-state index in [0.29, 0.717) is 26.1 Å². The van der Waals surface area contributed by atoms with Gasteiger partial charge in [-0.25, -0.2) is 4.79 Å². The molecule has 20 heavy (non-hydrogen) atoms. The molecule has 0 spiro atoms. The second kappa shape index (κ2) is 5.24. The highest BCUT2D eigenvalue weighted by molar-refractivity contribution is 5.78. The Labute approximate surface area is 120 Å². The molecule has 2 fully saturated rings. The number of rotatable bonds is 1. The second-order valence-electron chi connectivity index (χ2n) is 6.61. The Morgan fingerprint density at radius 2 is 1.85 bits per heavy atom. The first kappa shape index (κ1) is 15.1. The molecule has 2 saturated heterocycles. The Bertz CT molecular complexity index is 410. The van der Waals surface area contributed by atoms with Crippen molar-refractivity contribution in [3.63, 3.8) is 0 Å². The largest absolute Gasteiger partial charge is 0.481 e. The number of carboxylic acids is 1. The van der Waals surface area contributed by atoms with Gasteiger partial charge in [-0.1, -0.05) is 0 Å². The van der Waals surface area contributed by atoms with Crippen molar-refractivity contribution in [3.05, 3.63) is 0 Å². The van der Waals surface area contributed by atoms with Crippen molar-refractivity contribution >= 4 is 12.0 Å². The summed E-state index contributed by atoms with van der Waals surface area (Å²) in [5.74, 6) is -1.23. The Kier molecular flexibility index (Phi) is 3.95. The number of carbonyl (C=O) groups is 2. The van der Waals surface area contributed by atoms with Crippen molar-refractivity contribution in [3.8, 4) is 0 Å². The number of carbonyl (C=O) groups excluding carboxylic acids is 1. The van der Waals surface area contributed by atoms with E-state index in [1.807, 2.05) is 11.8 Å². The van der Waals surface area contributed by atoms with Crippen LogP contribution < -0.4 is 0 Å². The van der Waals surface area contributed by atoms with Crippen LogP contribution in [-0.2, 0) is 4.79 Å². The van der Waals surface area contributed by atoms with Gasteiger partial charge in [-0.2, -0.15) is 0 Å². The van der Waals surface area contributed by atoms with Crippen LogP contribution in [0.4, 0.5) is 4.79 Å². The van der Waals surface area contributed by atoms with Gasteiger partial charge in [-0.3, -0.25) is 9.69 Å². The molecule has 0 aromatic rings. The highest BCUT2D eigenvalue weighted by atomic mass is 16.4. The Balaban J connectivity index is 2.04. The van der Waals surface area contributed by atoms with Crippen molar-refractivity contribution in [2.24, 2.45) is 5.92 Å². The molecule has 0 radical (unpaired) electrons. The van der Waals surface area contributed by atoms with Crippen molar-refractivity contribution in [2.45, 2.75) is 38.8 Å². The van der Waals surface area contributed by atoms with E-state index in [0.717, 1.165) is 6.54 Å².